The normalized spacial score (nSPS) is 16.4. The molecule has 0 bridgehead atoms. The Bertz CT molecular complexity index is 1250. The average molecular weight is 444 g/mol. The fourth-order valence-corrected chi connectivity index (χ4v) is 6.09. The number of nitrogens with zero attached hydrogens (tertiary/aromatic N) is 5. The maximum Gasteiger partial charge on any atom is 0.164 e. The van der Waals surface area contributed by atoms with Crippen LogP contribution in [-0.4, -0.2) is 46.2 Å². The van der Waals surface area contributed by atoms with Crippen molar-refractivity contribution in [2.24, 2.45) is 0 Å². The summed E-state index contributed by atoms with van der Waals surface area (Å²) in [7, 11) is 0. The van der Waals surface area contributed by atoms with Crippen molar-refractivity contribution in [3.8, 4) is 17.1 Å². The monoisotopic (exact) mass is 443 g/mol. The molecule has 4 aromatic rings. The van der Waals surface area contributed by atoms with E-state index in [0.29, 0.717) is 5.75 Å². The molecule has 1 aliphatic carbocycles. The molecule has 4 heterocycles. The van der Waals surface area contributed by atoms with Gasteiger partial charge in [0.1, 0.15) is 16.4 Å². The van der Waals surface area contributed by atoms with Crippen LogP contribution in [0.3, 0.4) is 0 Å². The molecule has 3 aromatic heterocycles. The minimum atomic E-state index is 0.306. The van der Waals surface area contributed by atoms with Crippen LogP contribution in [0.4, 0.5) is 11.5 Å². The number of hydrogen-bond acceptors (Lipinski definition) is 7. The SMILES string of the molecule is Oc1ccc(N2CCN(c3nc(-c4cccnc4)nc4sc5c(c34)CCCC5)CC2)cc1. The quantitative estimate of drug-likeness (QED) is 0.497. The standard InChI is InChI=1S/C25H25N5OS/c31-19-9-7-18(8-10-19)29-12-14-30(15-13-29)24-22-20-5-1-2-6-21(20)32-25(22)28-23(27-24)17-4-3-11-26-16-17/h3-4,7-11,16,31H,1-2,5-6,12-15H2. The average Bonchev–Trinajstić information content (AvgIpc) is 3.23. The van der Waals surface area contributed by atoms with Gasteiger partial charge in [0.2, 0.25) is 0 Å². The molecule has 1 N–H and O–H groups in total. The van der Waals surface area contributed by atoms with Crippen molar-refractivity contribution < 1.29 is 5.11 Å². The number of pyridine rings is 1. The van der Waals surface area contributed by atoms with Gasteiger partial charge in [-0.1, -0.05) is 0 Å². The van der Waals surface area contributed by atoms with Crippen LogP contribution in [0.25, 0.3) is 21.6 Å². The summed E-state index contributed by atoms with van der Waals surface area (Å²) in [5.41, 5.74) is 3.59. The lowest BCUT2D eigenvalue weighted by Crippen LogP contribution is -2.47. The number of phenolic OH excluding ortho intramolecular Hbond substituents is 1. The number of phenols is 1. The first-order valence-corrected chi connectivity index (χ1v) is 12.1. The molecule has 0 amide bonds. The van der Waals surface area contributed by atoms with Crippen LogP contribution < -0.4 is 9.80 Å². The molecule has 6 rings (SSSR count). The second-order valence-electron chi connectivity index (χ2n) is 8.49. The zero-order chi connectivity index (χ0) is 21.5. The van der Waals surface area contributed by atoms with Crippen molar-refractivity contribution in [1.82, 2.24) is 15.0 Å². The van der Waals surface area contributed by atoms with Crippen LogP contribution >= 0.6 is 11.3 Å². The maximum atomic E-state index is 9.60. The van der Waals surface area contributed by atoms with E-state index in [-0.39, 0.29) is 0 Å². The molecule has 7 heteroatoms. The van der Waals surface area contributed by atoms with Crippen LogP contribution in [0.15, 0.2) is 48.8 Å². The Morgan fingerprint density at radius 3 is 2.44 bits per heavy atom. The molecule has 1 saturated heterocycles. The number of anilines is 2. The molecule has 1 aromatic carbocycles. The minimum Gasteiger partial charge on any atom is -0.508 e. The molecule has 0 atom stereocenters. The first-order chi connectivity index (χ1) is 15.8. The second-order valence-corrected chi connectivity index (χ2v) is 9.58. The van der Waals surface area contributed by atoms with E-state index in [2.05, 4.69) is 14.8 Å². The van der Waals surface area contributed by atoms with Gasteiger partial charge in [0.25, 0.3) is 0 Å². The van der Waals surface area contributed by atoms with E-state index in [1.165, 1.54) is 28.7 Å². The second kappa shape index (κ2) is 8.06. The lowest BCUT2D eigenvalue weighted by atomic mass is 9.96. The van der Waals surface area contributed by atoms with Gasteiger partial charge in [0, 0.05) is 54.7 Å². The molecule has 1 fully saturated rings. The van der Waals surface area contributed by atoms with Crippen LogP contribution in [0, 0.1) is 0 Å². The van der Waals surface area contributed by atoms with E-state index in [0.717, 1.165) is 66.7 Å². The highest BCUT2D eigenvalue weighted by molar-refractivity contribution is 7.19. The lowest BCUT2D eigenvalue weighted by molar-refractivity contribution is 0.475. The Morgan fingerprint density at radius 2 is 1.66 bits per heavy atom. The summed E-state index contributed by atoms with van der Waals surface area (Å²) in [6, 6.07) is 11.5. The number of hydrogen-bond donors (Lipinski definition) is 1. The van der Waals surface area contributed by atoms with Crippen molar-refractivity contribution in [2.45, 2.75) is 25.7 Å². The third-order valence-electron chi connectivity index (χ3n) is 6.51. The summed E-state index contributed by atoms with van der Waals surface area (Å²) in [5, 5.41) is 10.9. The number of rotatable bonds is 3. The first-order valence-electron chi connectivity index (χ1n) is 11.3. The predicted octanol–water partition coefficient (Wildman–Crippen LogP) is 4.66. The minimum absolute atomic E-state index is 0.306. The zero-order valence-electron chi connectivity index (χ0n) is 17.9. The van der Waals surface area contributed by atoms with Gasteiger partial charge in [-0.25, -0.2) is 9.97 Å². The van der Waals surface area contributed by atoms with E-state index in [4.69, 9.17) is 9.97 Å². The Hall–Kier alpha value is -3.19. The molecule has 162 valence electrons. The summed E-state index contributed by atoms with van der Waals surface area (Å²) < 4.78 is 0. The smallest absolute Gasteiger partial charge is 0.164 e. The van der Waals surface area contributed by atoms with Gasteiger partial charge in [0.15, 0.2) is 5.82 Å². The highest BCUT2D eigenvalue weighted by atomic mass is 32.1. The number of piperazine rings is 1. The molecule has 32 heavy (non-hydrogen) atoms. The van der Waals surface area contributed by atoms with Crippen LogP contribution in [0.5, 0.6) is 5.75 Å². The van der Waals surface area contributed by atoms with Gasteiger partial charge in [0.05, 0.1) is 5.39 Å². The fraction of sp³-hybridized carbons (Fsp3) is 0.320. The molecule has 0 saturated carbocycles. The molecule has 2 aliphatic rings. The number of aromatic hydroxyl groups is 1. The van der Waals surface area contributed by atoms with Gasteiger partial charge in [-0.15, -0.1) is 11.3 Å². The van der Waals surface area contributed by atoms with Gasteiger partial charge >= 0.3 is 0 Å². The van der Waals surface area contributed by atoms with Crippen molar-refractivity contribution >= 4 is 33.1 Å². The van der Waals surface area contributed by atoms with Crippen molar-refractivity contribution in [3.63, 3.8) is 0 Å². The first kappa shape index (κ1) is 19.5. The van der Waals surface area contributed by atoms with Gasteiger partial charge in [-0.05, 0) is 67.6 Å². The van der Waals surface area contributed by atoms with E-state index >= 15 is 0 Å². The van der Waals surface area contributed by atoms with Crippen LogP contribution in [0.1, 0.15) is 23.3 Å². The number of thiophene rings is 1. The summed E-state index contributed by atoms with van der Waals surface area (Å²) in [5.74, 6) is 2.15. The highest BCUT2D eigenvalue weighted by Gasteiger charge is 2.26. The molecule has 0 unspecified atom stereocenters. The number of aryl methyl sites for hydroxylation is 2. The Kier molecular flexibility index (Phi) is 4.91. The number of benzene rings is 1. The predicted molar refractivity (Wildman–Crippen MR) is 130 cm³/mol. The number of aromatic nitrogens is 3. The fourth-order valence-electron chi connectivity index (χ4n) is 4.83. The van der Waals surface area contributed by atoms with E-state index in [1.54, 1.807) is 18.3 Å². The largest absolute Gasteiger partial charge is 0.508 e. The van der Waals surface area contributed by atoms with E-state index in [1.807, 2.05) is 41.8 Å². The van der Waals surface area contributed by atoms with Gasteiger partial charge in [-0.3, -0.25) is 4.98 Å². The lowest BCUT2D eigenvalue weighted by Gasteiger charge is -2.37. The third kappa shape index (κ3) is 3.46. The Balaban J connectivity index is 1.38. The molecule has 0 radical (unpaired) electrons. The molecular formula is C25H25N5OS. The summed E-state index contributed by atoms with van der Waals surface area (Å²) in [6.07, 6.45) is 8.44. The Morgan fingerprint density at radius 1 is 0.875 bits per heavy atom. The van der Waals surface area contributed by atoms with Crippen molar-refractivity contribution in [2.75, 3.05) is 36.0 Å². The molecule has 6 nitrogen and oxygen atoms in total. The number of fused-ring (bicyclic) bond motifs is 3. The van der Waals surface area contributed by atoms with Gasteiger partial charge < -0.3 is 14.9 Å². The molecule has 1 aliphatic heterocycles. The van der Waals surface area contributed by atoms with Crippen molar-refractivity contribution in [3.05, 3.63) is 59.2 Å². The van der Waals surface area contributed by atoms with Crippen molar-refractivity contribution in [1.29, 1.82) is 0 Å². The topological polar surface area (TPSA) is 65.4 Å². The third-order valence-corrected chi connectivity index (χ3v) is 7.70. The molecular weight excluding hydrogens is 418 g/mol. The van der Waals surface area contributed by atoms with Gasteiger partial charge in [-0.2, -0.15) is 0 Å². The Labute approximate surface area is 191 Å². The zero-order valence-corrected chi connectivity index (χ0v) is 18.7. The summed E-state index contributed by atoms with van der Waals surface area (Å²) >= 11 is 1.85. The maximum absolute atomic E-state index is 9.60. The molecule has 0 spiro atoms. The summed E-state index contributed by atoms with van der Waals surface area (Å²) in [4.78, 5) is 21.8. The van der Waals surface area contributed by atoms with Crippen LogP contribution in [0.2, 0.25) is 0 Å². The summed E-state index contributed by atoms with van der Waals surface area (Å²) in [6.45, 7) is 3.66. The van der Waals surface area contributed by atoms with Crippen LogP contribution in [-0.2, 0) is 12.8 Å². The highest BCUT2D eigenvalue weighted by Crippen LogP contribution is 2.41. The van der Waals surface area contributed by atoms with E-state index in [9.17, 15) is 5.11 Å². The van der Waals surface area contributed by atoms with E-state index < -0.39 is 0 Å².